The van der Waals surface area contributed by atoms with Crippen molar-refractivity contribution in [2.75, 3.05) is 23.7 Å². The number of imidazole rings is 1. The summed E-state index contributed by atoms with van der Waals surface area (Å²) in [5.74, 6) is 3.05. The van der Waals surface area contributed by atoms with Gasteiger partial charge in [0.05, 0.1) is 6.33 Å². The zero-order valence-corrected chi connectivity index (χ0v) is 11.4. The molecular weight excluding hydrogens is 240 g/mol. The summed E-state index contributed by atoms with van der Waals surface area (Å²) in [4.78, 5) is 16.2. The summed E-state index contributed by atoms with van der Waals surface area (Å²) < 4.78 is 0. The Morgan fingerprint density at radius 2 is 2.21 bits per heavy atom. The molecule has 1 fully saturated rings. The lowest BCUT2D eigenvalue weighted by Crippen LogP contribution is -2.15. The Bertz CT molecular complexity index is 559. The lowest BCUT2D eigenvalue weighted by atomic mass is 10.1. The van der Waals surface area contributed by atoms with Crippen LogP contribution in [0.15, 0.2) is 6.33 Å². The van der Waals surface area contributed by atoms with E-state index in [4.69, 9.17) is 0 Å². The molecule has 102 valence electrons. The van der Waals surface area contributed by atoms with Gasteiger partial charge in [-0.1, -0.05) is 6.92 Å². The van der Waals surface area contributed by atoms with Crippen molar-refractivity contribution in [1.29, 1.82) is 0 Å². The van der Waals surface area contributed by atoms with Gasteiger partial charge in [-0.05, 0) is 31.6 Å². The summed E-state index contributed by atoms with van der Waals surface area (Å²) in [6.07, 6.45) is 4.40. The summed E-state index contributed by atoms with van der Waals surface area (Å²) in [7, 11) is 0. The SMILES string of the molecule is CCNc1nc(NCC(C)C2CC2)c2[nH]cnc2n1. The van der Waals surface area contributed by atoms with Crippen LogP contribution in [0, 0.1) is 11.8 Å². The molecule has 3 N–H and O–H groups in total. The quantitative estimate of drug-likeness (QED) is 0.742. The van der Waals surface area contributed by atoms with Crippen LogP contribution in [-0.2, 0) is 0 Å². The highest BCUT2D eigenvalue weighted by molar-refractivity contribution is 5.83. The molecule has 1 saturated carbocycles. The van der Waals surface area contributed by atoms with Gasteiger partial charge in [-0.3, -0.25) is 0 Å². The molecule has 0 saturated heterocycles. The van der Waals surface area contributed by atoms with E-state index in [9.17, 15) is 0 Å². The van der Waals surface area contributed by atoms with Gasteiger partial charge in [-0.15, -0.1) is 0 Å². The lowest BCUT2D eigenvalue weighted by molar-refractivity contribution is 0.536. The van der Waals surface area contributed by atoms with Gasteiger partial charge in [-0.2, -0.15) is 9.97 Å². The van der Waals surface area contributed by atoms with E-state index in [0.29, 0.717) is 17.5 Å². The van der Waals surface area contributed by atoms with Crippen molar-refractivity contribution in [1.82, 2.24) is 19.9 Å². The minimum Gasteiger partial charge on any atom is -0.368 e. The maximum Gasteiger partial charge on any atom is 0.226 e. The Balaban J connectivity index is 1.80. The van der Waals surface area contributed by atoms with Gasteiger partial charge in [0.15, 0.2) is 11.5 Å². The molecule has 1 unspecified atom stereocenters. The average molecular weight is 260 g/mol. The van der Waals surface area contributed by atoms with E-state index in [-0.39, 0.29) is 0 Å². The lowest BCUT2D eigenvalue weighted by Gasteiger charge is -2.13. The van der Waals surface area contributed by atoms with E-state index in [2.05, 4.69) is 37.5 Å². The molecule has 1 aliphatic carbocycles. The van der Waals surface area contributed by atoms with Crippen LogP contribution in [0.5, 0.6) is 0 Å². The fourth-order valence-electron chi connectivity index (χ4n) is 2.29. The van der Waals surface area contributed by atoms with E-state index in [0.717, 1.165) is 30.3 Å². The first-order valence-corrected chi connectivity index (χ1v) is 6.96. The maximum absolute atomic E-state index is 4.51. The van der Waals surface area contributed by atoms with Gasteiger partial charge in [0.2, 0.25) is 5.95 Å². The van der Waals surface area contributed by atoms with Gasteiger partial charge in [0.25, 0.3) is 0 Å². The second kappa shape index (κ2) is 5.03. The van der Waals surface area contributed by atoms with Crippen LogP contribution in [0.1, 0.15) is 26.7 Å². The van der Waals surface area contributed by atoms with Crippen molar-refractivity contribution in [3.63, 3.8) is 0 Å². The molecule has 0 aromatic carbocycles. The van der Waals surface area contributed by atoms with Gasteiger partial charge in [0.1, 0.15) is 5.52 Å². The number of hydrogen-bond acceptors (Lipinski definition) is 5. The van der Waals surface area contributed by atoms with Crippen LogP contribution in [0.4, 0.5) is 11.8 Å². The fourth-order valence-corrected chi connectivity index (χ4v) is 2.29. The summed E-state index contributed by atoms with van der Waals surface area (Å²) >= 11 is 0. The first-order chi connectivity index (χ1) is 9.28. The third-order valence-electron chi connectivity index (χ3n) is 3.64. The normalized spacial score (nSPS) is 16.5. The highest BCUT2D eigenvalue weighted by atomic mass is 15.2. The molecule has 0 aliphatic heterocycles. The highest BCUT2D eigenvalue weighted by Gasteiger charge is 2.27. The zero-order valence-electron chi connectivity index (χ0n) is 11.4. The molecule has 1 aliphatic rings. The highest BCUT2D eigenvalue weighted by Crippen LogP contribution is 2.36. The Morgan fingerprint density at radius 1 is 1.37 bits per heavy atom. The Labute approximate surface area is 112 Å². The van der Waals surface area contributed by atoms with Crippen molar-refractivity contribution in [2.45, 2.75) is 26.7 Å². The first kappa shape index (κ1) is 12.2. The molecule has 0 bridgehead atoms. The maximum atomic E-state index is 4.51. The molecule has 0 spiro atoms. The Morgan fingerprint density at radius 3 is 2.95 bits per heavy atom. The average Bonchev–Trinajstić information content (AvgIpc) is 3.15. The number of H-pyrrole nitrogens is 1. The van der Waals surface area contributed by atoms with Crippen molar-refractivity contribution < 1.29 is 0 Å². The minimum atomic E-state index is 0.628. The molecule has 19 heavy (non-hydrogen) atoms. The molecule has 0 amide bonds. The van der Waals surface area contributed by atoms with E-state index in [1.807, 2.05) is 6.92 Å². The molecule has 3 rings (SSSR count). The summed E-state index contributed by atoms with van der Waals surface area (Å²) in [6.45, 7) is 6.07. The Kier molecular flexibility index (Phi) is 3.23. The number of nitrogens with one attached hydrogen (secondary N) is 3. The number of hydrogen-bond donors (Lipinski definition) is 3. The van der Waals surface area contributed by atoms with Crippen molar-refractivity contribution in [2.24, 2.45) is 11.8 Å². The van der Waals surface area contributed by atoms with E-state index >= 15 is 0 Å². The molecule has 6 nitrogen and oxygen atoms in total. The summed E-state index contributed by atoms with van der Waals surface area (Å²) in [5, 5.41) is 6.57. The second-order valence-electron chi connectivity index (χ2n) is 5.22. The summed E-state index contributed by atoms with van der Waals surface area (Å²) in [5.41, 5.74) is 1.58. The standard InChI is InChI=1S/C13H20N6/c1-3-14-13-18-11(10-12(19-13)17-7-16-10)15-6-8(2)9-4-5-9/h7-9H,3-6H2,1-2H3,(H3,14,15,16,17,18,19). The Hall–Kier alpha value is -1.85. The second-order valence-corrected chi connectivity index (χ2v) is 5.22. The van der Waals surface area contributed by atoms with E-state index in [1.165, 1.54) is 12.8 Å². The van der Waals surface area contributed by atoms with Gasteiger partial charge < -0.3 is 15.6 Å². The fraction of sp³-hybridized carbons (Fsp3) is 0.615. The van der Waals surface area contributed by atoms with Crippen molar-refractivity contribution in [3.05, 3.63) is 6.33 Å². The zero-order chi connectivity index (χ0) is 13.2. The van der Waals surface area contributed by atoms with Crippen LogP contribution >= 0.6 is 0 Å². The number of rotatable bonds is 6. The summed E-state index contributed by atoms with van der Waals surface area (Å²) in [6, 6.07) is 0. The van der Waals surface area contributed by atoms with Crippen LogP contribution < -0.4 is 10.6 Å². The molecular formula is C13H20N6. The monoisotopic (exact) mass is 260 g/mol. The third kappa shape index (κ3) is 2.62. The van der Waals surface area contributed by atoms with E-state index < -0.39 is 0 Å². The smallest absolute Gasteiger partial charge is 0.226 e. The predicted molar refractivity (Wildman–Crippen MR) is 76.2 cm³/mol. The van der Waals surface area contributed by atoms with Crippen molar-refractivity contribution >= 4 is 22.9 Å². The van der Waals surface area contributed by atoms with Crippen LogP contribution in [-0.4, -0.2) is 33.0 Å². The number of fused-ring (bicyclic) bond motifs is 1. The van der Waals surface area contributed by atoms with Gasteiger partial charge >= 0.3 is 0 Å². The molecule has 2 heterocycles. The molecule has 1 atom stereocenters. The van der Waals surface area contributed by atoms with E-state index in [1.54, 1.807) is 6.33 Å². The first-order valence-electron chi connectivity index (χ1n) is 6.96. The molecule has 2 aromatic heterocycles. The van der Waals surface area contributed by atoms with Crippen LogP contribution in [0.3, 0.4) is 0 Å². The van der Waals surface area contributed by atoms with Gasteiger partial charge in [-0.25, -0.2) is 4.98 Å². The third-order valence-corrected chi connectivity index (χ3v) is 3.64. The minimum absolute atomic E-state index is 0.628. The number of aromatic amines is 1. The van der Waals surface area contributed by atoms with Crippen LogP contribution in [0.2, 0.25) is 0 Å². The van der Waals surface area contributed by atoms with Gasteiger partial charge in [0, 0.05) is 13.1 Å². The number of aromatic nitrogens is 4. The van der Waals surface area contributed by atoms with Crippen molar-refractivity contribution in [3.8, 4) is 0 Å². The molecule has 6 heteroatoms. The topological polar surface area (TPSA) is 78.5 Å². The molecule has 2 aromatic rings. The molecule has 0 radical (unpaired) electrons. The van der Waals surface area contributed by atoms with Crippen LogP contribution in [0.25, 0.3) is 11.2 Å². The number of nitrogens with zero attached hydrogens (tertiary/aromatic N) is 3. The number of anilines is 2. The predicted octanol–water partition coefficient (Wildman–Crippen LogP) is 2.24. The largest absolute Gasteiger partial charge is 0.368 e.